The topological polar surface area (TPSA) is 82.1 Å². The molecule has 1 unspecified atom stereocenters. The van der Waals surface area contributed by atoms with Gasteiger partial charge >= 0.3 is 0 Å². The highest BCUT2D eigenvalue weighted by molar-refractivity contribution is 14.0. The Hall–Kier alpha value is -0.980. The number of rotatable bonds is 9. The molecule has 1 aromatic rings. The van der Waals surface area contributed by atoms with E-state index < -0.39 is 0 Å². The molecule has 1 atom stereocenters. The first-order chi connectivity index (χ1) is 13.1. The van der Waals surface area contributed by atoms with E-state index in [4.69, 9.17) is 4.74 Å². The van der Waals surface area contributed by atoms with Crippen molar-refractivity contribution in [3.8, 4) is 0 Å². The van der Waals surface area contributed by atoms with Crippen molar-refractivity contribution in [2.24, 2.45) is 4.99 Å². The Balaban J connectivity index is 0.00000392. The van der Waals surface area contributed by atoms with Gasteiger partial charge in [0.25, 0.3) is 0 Å². The van der Waals surface area contributed by atoms with Crippen LogP contribution in [0, 0.1) is 0 Å². The van der Waals surface area contributed by atoms with Crippen molar-refractivity contribution in [3.05, 3.63) is 16.6 Å². The molecule has 0 bridgehead atoms. The fourth-order valence-electron chi connectivity index (χ4n) is 2.61. The van der Waals surface area contributed by atoms with E-state index in [2.05, 4.69) is 32.4 Å². The minimum absolute atomic E-state index is 0. The van der Waals surface area contributed by atoms with Gasteiger partial charge in [0.1, 0.15) is 6.54 Å². The summed E-state index contributed by atoms with van der Waals surface area (Å²) in [6.07, 6.45) is 2.84. The largest absolute Gasteiger partial charge is 0.379 e. The predicted molar refractivity (Wildman–Crippen MR) is 125 cm³/mol. The van der Waals surface area contributed by atoms with E-state index in [0.29, 0.717) is 5.96 Å². The van der Waals surface area contributed by atoms with Gasteiger partial charge in [0.05, 0.1) is 18.2 Å². The van der Waals surface area contributed by atoms with Crippen LogP contribution in [-0.4, -0.2) is 93.2 Å². The number of nitrogens with one attached hydrogen (secondary N) is 2. The monoisotopic (exact) mass is 524 g/mol. The second-order valence-corrected chi connectivity index (χ2v) is 7.77. The summed E-state index contributed by atoms with van der Waals surface area (Å²) in [6, 6.07) is 0. The molecule has 0 spiro atoms. The molecule has 1 saturated heterocycles. The zero-order valence-corrected chi connectivity index (χ0v) is 20.2. The van der Waals surface area contributed by atoms with E-state index in [9.17, 15) is 4.79 Å². The number of hydrogen-bond donors (Lipinski definition) is 2. The van der Waals surface area contributed by atoms with Gasteiger partial charge in [-0.15, -0.1) is 35.3 Å². The number of thiazole rings is 1. The van der Waals surface area contributed by atoms with Crippen molar-refractivity contribution in [2.45, 2.75) is 19.3 Å². The van der Waals surface area contributed by atoms with Crippen molar-refractivity contribution < 1.29 is 9.53 Å². The molecule has 2 heterocycles. The minimum Gasteiger partial charge on any atom is -0.379 e. The van der Waals surface area contributed by atoms with Gasteiger partial charge in [-0.25, -0.2) is 9.98 Å². The first-order valence-corrected chi connectivity index (χ1v) is 10.4. The number of carbonyl (C=O) groups excluding carboxylic acids is 1. The highest BCUT2D eigenvalue weighted by Crippen LogP contribution is 2.16. The third kappa shape index (κ3) is 9.48. The third-order valence-electron chi connectivity index (χ3n) is 4.37. The lowest BCUT2D eigenvalue weighted by Gasteiger charge is -2.26. The van der Waals surface area contributed by atoms with E-state index in [1.807, 2.05) is 11.6 Å². The van der Waals surface area contributed by atoms with Crippen LogP contribution in [0.5, 0.6) is 0 Å². The zero-order chi connectivity index (χ0) is 19.5. The van der Waals surface area contributed by atoms with Gasteiger partial charge in [-0.1, -0.05) is 6.92 Å². The molecular weight excluding hydrogens is 491 g/mol. The van der Waals surface area contributed by atoms with Crippen LogP contribution in [0.1, 0.15) is 24.3 Å². The summed E-state index contributed by atoms with van der Waals surface area (Å²) in [4.78, 5) is 24.6. The normalized spacial score (nSPS) is 16.2. The molecule has 160 valence electrons. The summed E-state index contributed by atoms with van der Waals surface area (Å²) in [5.74, 6) is 0.947. The maximum Gasteiger partial charge on any atom is 0.243 e. The van der Waals surface area contributed by atoms with Gasteiger partial charge in [0, 0.05) is 57.8 Å². The van der Waals surface area contributed by atoms with Crippen LogP contribution in [0.25, 0.3) is 0 Å². The number of aromatic nitrogens is 1. The van der Waals surface area contributed by atoms with Crippen molar-refractivity contribution >= 4 is 47.2 Å². The van der Waals surface area contributed by atoms with E-state index in [1.54, 1.807) is 30.3 Å². The fourth-order valence-corrected chi connectivity index (χ4v) is 3.31. The van der Waals surface area contributed by atoms with Crippen LogP contribution in [0.15, 0.2) is 16.6 Å². The number of halogens is 1. The first kappa shape index (κ1) is 25.1. The summed E-state index contributed by atoms with van der Waals surface area (Å²) in [5.41, 5.74) is 0. The minimum atomic E-state index is -0.0163. The number of hydrogen-bond acceptors (Lipinski definition) is 6. The molecule has 8 nitrogen and oxygen atoms in total. The maximum atomic E-state index is 11.8. The van der Waals surface area contributed by atoms with Crippen molar-refractivity contribution in [1.82, 2.24) is 25.4 Å². The average Bonchev–Trinajstić information content (AvgIpc) is 3.21. The van der Waals surface area contributed by atoms with Gasteiger partial charge < -0.3 is 20.3 Å². The van der Waals surface area contributed by atoms with E-state index in [1.165, 1.54) is 0 Å². The molecule has 28 heavy (non-hydrogen) atoms. The van der Waals surface area contributed by atoms with Gasteiger partial charge in [-0.2, -0.15) is 0 Å². The Morgan fingerprint density at radius 1 is 1.39 bits per heavy atom. The molecular formula is C18H33IN6O2S. The van der Waals surface area contributed by atoms with Gasteiger partial charge in [0.15, 0.2) is 5.96 Å². The van der Waals surface area contributed by atoms with Crippen LogP contribution in [0.3, 0.4) is 0 Å². The molecule has 0 saturated carbocycles. The molecule has 0 aliphatic carbocycles. The number of nitrogens with zero attached hydrogens (tertiary/aromatic N) is 4. The number of guanidine groups is 1. The summed E-state index contributed by atoms with van der Waals surface area (Å²) in [6.45, 7) is 8.49. The van der Waals surface area contributed by atoms with Crippen LogP contribution < -0.4 is 10.6 Å². The van der Waals surface area contributed by atoms with E-state index in [0.717, 1.165) is 57.4 Å². The van der Waals surface area contributed by atoms with E-state index >= 15 is 0 Å². The number of ether oxygens (including phenoxy) is 1. The van der Waals surface area contributed by atoms with Crippen molar-refractivity contribution in [2.75, 3.05) is 66.6 Å². The fraction of sp³-hybridized carbons (Fsp3) is 0.722. The highest BCUT2D eigenvalue weighted by Gasteiger charge is 2.11. The standard InChI is InChI=1S/C18H32N6O2S.HI/c1-15(17-19-6-12-27-17)13-21-18(22-14-16(25)23(2)3)20-5-4-7-24-8-10-26-11-9-24;/h6,12,15H,4-5,7-11,13-14H2,1-3H3,(H2,20,21,22);1H. The highest BCUT2D eigenvalue weighted by atomic mass is 127. The number of amides is 1. The first-order valence-electron chi connectivity index (χ1n) is 9.48. The quantitative estimate of drug-likeness (QED) is 0.219. The lowest BCUT2D eigenvalue weighted by molar-refractivity contribution is -0.127. The molecule has 1 aliphatic heterocycles. The Bertz CT molecular complexity index is 579. The summed E-state index contributed by atoms with van der Waals surface area (Å²) in [5, 5.41) is 9.77. The van der Waals surface area contributed by atoms with E-state index in [-0.39, 0.29) is 42.3 Å². The SMILES string of the molecule is CC(CNC(=NCC(=O)N(C)C)NCCCN1CCOCC1)c1nccs1.I. The van der Waals surface area contributed by atoms with Crippen LogP contribution >= 0.6 is 35.3 Å². The summed E-state index contributed by atoms with van der Waals surface area (Å²) < 4.78 is 5.38. The van der Waals surface area contributed by atoms with Crippen LogP contribution in [0.4, 0.5) is 0 Å². The second-order valence-electron chi connectivity index (χ2n) is 6.84. The van der Waals surface area contributed by atoms with Gasteiger partial charge in [0.2, 0.25) is 5.91 Å². The summed E-state index contributed by atoms with van der Waals surface area (Å²) >= 11 is 1.65. The van der Waals surface area contributed by atoms with Crippen LogP contribution in [0.2, 0.25) is 0 Å². The molecule has 1 aliphatic rings. The maximum absolute atomic E-state index is 11.8. The molecule has 0 radical (unpaired) electrons. The Morgan fingerprint density at radius 2 is 2.14 bits per heavy atom. The molecule has 1 aromatic heterocycles. The molecule has 2 N–H and O–H groups in total. The van der Waals surface area contributed by atoms with Crippen molar-refractivity contribution in [1.29, 1.82) is 0 Å². The number of aliphatic imine (C=N–C) groups is 1. The molecule has 1 fully saturated rings. The average molecular weight is 524 g/mol. The van der Waals surface area contributed by atoms with Crippen molar-refractivity contribution in [3.63, 3.8) is 0 Å². The number of likely N-dealkylation sites (N-methyl/N-ethyl adjacent to an activating group) is 1. The Labute approximate surface area is 189 Å². The van der Waals surface area contributed by atoms with Gasteiger partial charge in [-0.05, 0) is 13.0 Å². The van der Waals surface area contributed by atoms with Gasteiger partial charge in [-0.3, -0.25) is 9.69 Å². The number of morpholine rings is 1. The lowest BCUT2D eigenvalue weighted by atomic mass is 10.2. The lowest BCUT2D eigenvalue weighted by Crippen LogP contribution is -2.42. The third-order valence-corrected chi connectivity index (χ3v) is 5.37. The second kappa shape index (κ2) is 14.1. The molecule has 1 amide bonds. The Morgan fingerprint density at radius 3 is 2.79 bits per heavy atom. The number of carbonyl (C=O) groups is 1. The van der Waals surface area contributed by atoms with Crippen LogP contribution in [-0.2, 0) is 9.53 Å². The molecule has 0 aromatic carbocycles. The smallest absolute Gasteiger partial charge is 0.243 e. The molecule has 2 rings (SSSR count). The zero-order valence-electron chi connectivity index (χ0n) is 17.0. The Kier molecular flexibility index (Phi) is 12.6. The predicted octanol–water partition coefficient (Wildman–Crippen LogP) is 1.21. The molecule has 10 heteroatoms. The summed E-state index contributed by atoms with van der Waals surface area (Å²) in [7, 11) is 3.48.